The number of phenolic OH excluding ortho intramolecular Hbond substituents is 2. The maximum Gasteiger partial charge on any atom is 0.222 e. The van der Waals surface area contributed by atoms with Crippen molar-refractivity contribution in [2.75, 3.05) is 13.1 Å². The Kier molecular flexibility index (Phi) is 6.12. The molecule has 0 aromatic heterocycles. The first kappa shape index (κ1) is 21.4. The Morgan fingerprint density at radius 1 is 0.906 bits per heavy atom. The highest BCUT2D eigenvalue weighted by Gasteiger charge is 2.39. The molecule has 1 aliphatic heterocycles. The van der Waals surface area contributed by atoms with E-state index in [4.69, 9.17) is 0 Å². The van der Waals surface area contributed by atoms with E-state index in [0.29, 0.717) is 42.1 Å². The molecule has 0 spiro atoms. The van der Waals surface area contributed by atoms with Crippen LogP contribution in [0.5, 0.6) is 11.5 Å². The molecule has 2 aromatic rings. The third-order valence-corrected chi connectivity index (χ3v) is 8.15. The molecule has 3 aliphatic rings. The van der Waals surface area contributed by atoms with Gasteiger partial charge in [0.1, 0.15) is 11.5 Å². The van der Waals surface area contributed by atoms with E-state index in [9.17, 15) is 15.0 Å². The van der Waals surface area contributed by atoms with Crippen molar-refractivity contribution < 1.29 is 15.0 Å². The van der Waals surface area contributed by atoms with Crippen molar-refractivity contribution in [2.45, 2.75) is 76.0 Å². The minimum absolute atomic E-state index is 0.219. The maximum atomic E-state index is 12.6. The fraction of sp³-hybridized carbons (Fsp3) is 0.536. The number of carbonyl (C=O) groups excluding carboxylic acids is 1. The summed E-state index contributed by atoms with van der Waals surface area (Å²) in [5.41, 5.74) is 4.88. The molecule has 2 fully saturated rings. The summed E-state index contributed by atoms with van der Waals surface area (Å²) in [6, 6.07) is 12.0. The molecule has 3 atom stereocenters. The van der Waals surface area contributed by atoms with Crippen molar-refractivity contribution in [3.05, 3.63) is 58.7 Å². The van der Waals surface area contributed by atoms with E-state index in [2.05, 4.69) is 18.2 Å². The Labute approximate surface area is 191 Å². The first-order chi connectivity index (χ1) is 15.6. The van der Waals surface area contributed by atoms with Gasteiger partial charge in [-0.2, -0.15) is 0 Å². The topological polar surface area (TPSA) is 60.8 Å². The van der Waals surface area contributed by atoms with Crippen LogP contribution < -0.4 is 0 Å². The lowest BCUT2D eigenvalue weighted by Gasteiger charge is -2.43. The number of benzene rings is 2. The van der Waals surface area contributed by atoms with E-state index in [1.807, 2.05) is 11.0 Å². The zero-order chi connectivity index (χ0) is 22.1. The number of piperidine rings is 1. The number of aryl methyl sites for hydroxylation is 1. The molecule has 4 nitrogen and oxygen atoms in total. The van der Waals surface area contributed by atoms with Crippen molar-refractivity contribution in [3.8, 4) is 11.5 Å². The number of rotatable bonds is 4. The first-order valence-electron chi connectivity index (χ1n) is 12.5. The lowest BCUT2D eigenvalue weighted by atomic mass is 9.61. The maximum absolute atomic E-state index is 12.6. The van der Waals surface area contributed by atoms with Crippen LogP contribution in [-0.2, 0) is 17.6 Å². The minimum Gasteiger partial charge on any atom is -0.508 e. The Hall–Kier alpha value is -2.49. The van der Waals surface area contributed by atoms with Gasteiger partial charge in [0.15, 0.2) is 0 Å². The van der Waals surface area contributed by atoms with Crippen LogP contribution in [0.25, 0.3) is 0 Å². The molecule has 4 heteroatoms. The molecule has 0 bridgehead atoms. The second kappa shape index (κ2) is 9.17. The third kappa shape index (κ3) is 4.24. The van der Waals surface area contributed by atoms with E-state index in [0.717, 1.165) is 37.9 Å². The number of likely N-dealkylation sites (tertiary alicyclic amines) is 1. The van der Waals surface area contributed by atoms with Gasteiger partial charge in [-0.15, -0.1) is 0 Å². The van der Waals surface area contributed by atoms with Gasteiger partial charge in [0.25, 0.3) is 0 Å². The Morgan fingerprint density at radius 3 is 2.44 bits per heavy atom. The van der Waals surface area contributed by atoms with Crippen LogP contribution in [0.4, 0.5) is 0 Å². The molecule has 1 saturated carbocycles. The van der Waals surface area contributed by atoms with E-state index < -0.39 is 0 Å². The van der Waals surface area contributed by atoms with Crippen molar-refractivity contribution in [3.63, 3.8) is 0 Å². The van der Waals surface area contributed by atoms with Crippen LogP contribution in [0, 0.1) is 5.92 Å². The van der Waals surface area contributed by atoms with Gasteiger partial charge in [-0.05, 0) is 103 Å². The van der Waals surface area contributed by atoms with Gasteiger partial charge in [-0.1, -0.05) is 31.0 Å². The normalized spacial score (nSPS) is 25.1. The van der Waals surface area contributed by atoms with Crippen molar-refractivity contribution in [1.29, 1.82) is 0 Å². The molecule has 2 aromatic carbocycles. The average molecular weight is 434 g/mol. The van der Waals surface area contributed by atoms with Gasteiger partial charge in [0, 0.05) is 19.5 Å². The average Bonchev–Trinajstić information content (AvgIpc) is 2.83. The number of aromatic hydroxyl groups is 2. The number of fused-ring (bicyclic) bond motifs is 3. The minimum atomic E-state index is 0.219. The smallest absolute Gasteiger partial charge is 0.222 e. The quantitative estimate of drug-likeness (QED) is 0.654. The molecule has 1 heterocycles. The summed E-state index contributed by atoms with van der Waals surface area (Å²) in [7, 11) is 0. The highest BCUT2D eigenvalue weighted by molar-refractivity contribution is 5.76. The Bertz CT molecular complexity index is 961. The SMILES string of the molecule is O=C(CCc1cc2c(cc1O)C1CCCCC1C(c1ccc(O)cc1)C2)N1CCCCC1. The number of hydrogen-bond acceptors (Lipinski definition) is 3. The number of nitrogens with zero attached hydrogens (tertiary/aromatic N) is 1. The lowest BCUT2D eigenvalue weighted by molar-refractivity contribution is -0.132. The van der Waals surface area contributed by atoms with E-state index in [1.54, 1.807) is 12.1 Å². The van der Waals surface area contributed by atoms with Crippen molar-refractivity contribution in [2.24, 2.45) is 5.92 Å². The monoisotopic (exact) mass is 433 g/mol. The second-order valence-electron chi connectivity index (χ2n) is 10.1. The van der Waals surface area contributed by atoms with Gasteiger partial charge in [0.05, 0.1) is 0 Å². The second-order valence-corrected chi connectivity index (χ2v) is 10.1. The fourth-order valence-corrected chi connectivity index (χ4v) is 6.47. The molecule has 1 amide bonds. The molecular weight excluding hydrogens is 398 g/mol. The molecular formula is C28H35NO3. The van der Waals surface area contributed by atoms with Gasteiger partial charge in [-0.25, -0.2) is 0 Å². The molecule has 170 valence electrons. The van der Waals surface area contributed by atoms with Crippen LogP contribution in [0.3, 0.4) is 0 Å². The number of carbonyl (C=O) groups is 1. The van der Waals surface area contributed by atoms with E-state index in [-0.39, 0.29) is 5.91 Å². The molecule has 2 N–H and O–H groups in total. The molecule has 3 unspecified atom stereocenters. The summed E-state index contributed by atoms with van der Waals surface area (Å²) < 4.78 is 0. The third-order valence-electron chi connectivity index (χ3n) is 8.15. The van der Waals surface area contributed by atoms with Crippen molar-refractivity contribution >= 4 is 5.91 Å². The van der Waals surface area contributed by atoms with Gasteiger partial charge in [0.2, 0.25) is 5.91 Å². The van der Waals surface area contributed by atoms with Crippen LogP contribution >= 0.6 is 0 Å². The Morgan fingerprint density at radius 2 is 1.66 bits per heavy atom. The number of amides is 1. The number of hydrogen-bond donors (Lipinski definition) is 2. The number of phenols is 2. The fourth-order valence-electron chi connectivity index (χ4n) is 6.47. The largest absolute Gasteiger partial charge is 0.508 e. The zero-order valence-electron chi connectivity index (χ0n) is 18.9. The molecule has 32 heavy (non-hydrogen) atoms. The highest BCUT2D eigenvalue weighted by atomic mass is 16.3. The summed E-state index contributed by atoms with van der Waals surface area (Å²) in [6.45, 7) is 1.76. The van der Waals surface area contributed by atoms with Gasteiger partial charge < -0.3 is 15.1 Å². The van der Waals surface area contributed by atoms with Gasteiger partial charge in [-0.3, -0.25) is 4.79 Å². The van der Waals surface area contributed by atoms with E-state index in [1.165, 1.54) is 48.8 Å². The van der Waals surface area contributed by atoms with Crippen LogP contribution in [-0.4, -0.2) is 34.1 Å². The van der Waals surface area contributed by atoms with Crippen LogP contribution in [0.2, 0.25) is 0 Å². The Balaban J connectivity index is 1.39. The lowest BCUT2D eigenvalue weighted by Crippen LogP contribution is -2.35. The standard InChI is InChI=1S/C28H35NO3/c30-22-11-8-19(9-12-22)25-17-21-16-20(10-13-28(32)29-14-4-1-5-15-29)27(31)18-26(21)24-7-3-2-6-23(24)25/h8-9,11-12,16,18,23-25,30-31H,1-7,10,13-15,17H2. The summed E-state index contributed by atoms with van der Waals surface area (Å²) in [6.07, 6.45) is 10.4. The summed E-state index contributed by atoms with van der Waals surface area (Å²) >= 11 is 0. The molecule has 2 aliphatic carbocycles. The highest BCUT2D eigenvalue weighted by Crippen LogP contribution is 2.52. The summed E-state index contributed by atoms with van der Waals surface area (Å²) in [5, 5.41) is 20.6. The van der Waals surface area contributed by atoms with Crippen LogP contribution in [0.15, 0.2) is 36.4 Å². The molecule has 0 radical (unpaired) electrons. The predicted octanol–water partition coefficient (Wildman–Crippen LogP) is 5.66. The predicted molar refractivity (Wildman–Crippen MR) is 126 cm³/mol. The van der Waals surface area contributed by atoms with Gasteiger partial charge >= 0.3 is 0 Å². The first-order valence-corrected chi connectivity index (χ1v) is 12.5. The van der Waals surface area contributed by atoms with E-state index >= 15 is 0 Å². The molecule has 1 saturated heterocycles. The summed E-state index contributed by atoms with van der Waals surface area (Å²) in [4.78, 5) is 14.6. The summed E-state index contributed by atoms with van der Waals surface area (Å²) in [5.74, 6) is 2.42. The molecule has 5 rings (SSSR count). The zero-order valence-corrected chi connectivity index (χ0v) is 18.9. The van der Waals surface area contributed by atoms with Crippen LogP contribution in [0.1, 0.15) is 85.5 Å². The van der Waals surface area contributed by atoms with Crippen molar-refractivity contribution in [1.82, 2.24) is 4.90 Å².